The number of nitrogens with zero attached hydrogens (tertiary/aromatic N) is 2. The maximum absolute atomic E-state index is 13.4. The number of carbonyl (C=O) groups is 1. The molecule has 4 aromatic rings. The molecule has 0 radical (unpaired) electrons. The van der Waals surface area contributed by atoms with Gasteiger partial charge in [-0.15, -0.1) is 0 Å². The zero-order valence-corrected chi connectivity index (χ0v) is 17.7. The lowest BCUT2D eigenvalue weighted by Crippen LogP contribution is -2.33. The second-order valence-corrected chi connectivity index (χ2v) is 7.75. The minimum absolute atomic E-state index is 0.0180. The molecular weight excluding hydrogens is 406 g/mol. The molecule has 3 aromatic carbocycles. The van der Waals surface area contributed by atoms with Crippen LogP contribution in [0.5, 0.6) is 0 Å². The quantitative estimate of drug-likeness (QED) is 0.362. The highest BCUT2D eigenvalue weighted by atomic mass is 16.6. The Morgan fingerprint density at radius 3 is 2.47 bits per heavy atom. The van der Waals surface area contributed by atoms with Gasteiger partial charge in [-0.05, 0) is 60.7 Å². The van der Waals surface area contributed by atoms with Crippen LogP contribution in [0, 0.1) is 24.0 Å². The SMILES string of the molecule is Cc1cccc(N(Cc2cc3ccc(C)cc3[nH]c2=O)C(=O)c2cccc([N+](=O)[O-])c2)c1. The molecule has 0 fully saturated rings. The van der Waals surface area contributed by atoms with Gasteiger partial charge >= 0.3 is 0 Å². The third-order valence-corrected chi connectivity index (χ3v) is 5.27. The summed E-state index contributed by atoms with van der Waals surface area (Å²) in [4.78, 5) is 41.2. The van der Waals surface area contributed by atoms with E-state index in [1.54, 1.807) is 12.1 Å². The van der Waals surface area contributed by atoms with Gasteiger partial charge in [-0.2, -0.15) is 0 Å². The fraction of sp³-hybridized carbons (Fsp3) is 0.120. The summed E-state index contributed by atoms with van der Waals surface area (Å²) < 4.78 is 0. The number of anilines is 1. The average Bonchev–Trinajstić information content (AvgIpc) is 2.77. The molecule has 32 heavy (non-hydrogen) atoms. The molecule has 0 saturated heterocycles. The number of amides is 1. The molecule has 0 aliphatic heterocycles. The van der Waals surface area contributed by atoms with Crippen LogP contribution in [-0.2, 0) is 6.54 Å². The fourth-order valence-electron chi connectivity index (χ4n) is 3.63. The molecule has 1 amide bonds. The summed E-state index contributed by atoms with van der Waals surface area (Å²) in [5.41, 5.74) is 3.45. The van der Waals surface area contributed by atoms with Crippen molar-refractivity contribution < 1.29 is 9.72 Å². The predicted octanol–water partition coefficient (Wildman–Crippen LogP) is 4.90. The Kier molecular flexibility index (Phi) is 5.55. The largest absolute Gasteiger partial charge is 0.322 e. The van der Waals surface area contributed by atoms with Gasteiger partial charge in [0.15, 0.2) is 0 Å². The van der Waals surface area contributed by atoms with Crippen LogP contribution in [-0.4, -0.2) is 15.8 Å². The summed E-state index contributed by atoms with van der Waals surface area (Å²) in [6.45, 7) is 3.87. The highest BCUT2D eigenvalue weighted by molar-refractivity contribution is 6.06. The second-order valence-electron chi connectivity index (χ2n) is 7.75. The number of fused-ring (bicyclic) bond motifs is 1. The number of non-ortho nitro benzene ring substituents is 1. The second kappa shape index (κ2) is 8.47. The Balaban J connectivity index is 1.79. The van der Waals surface area contributed by atoms with E-state index in [1.165, 1.54) is 29.2 Å². The third-order valence-electron chi connectivity index (χ3n) is 5.27. The van der Waals surface area contributed by atoms with Gasteiger partial charge in [0.25, 0.3) is 17.2 Å². The molecule has 1 N–H and O–H groups in total. The van der Waals surface area contributed by atoms with Gasteiger partial charge in [0, 0.05) is 34.5 Å². The highest BCUT2D eigenvalue weighted by Crippen LogP contribution is 2.23. The van der Waals surface area contributed by atoms with Crippen molar-refractivity contribution in [1.29, 1.82) is 0 Å². The van der Waals surface area contributed by atoms with Crippen molar-refractivity contribution in [1.82, 2.24) is 4.98 Å². The number of benzene rings is 3. The van der Waals surface area contributed by atoms with E-state index in [-0.39, 0.29) is 23.4 Å². The molecule has 1 heterocycles. The lowest BCUT2D eigenvalue weighted by atomic mass is 10.1. The first kappa shape index (κ1) is 21.0. The third kappa shape index (κ3) is 4.27. The Hall–Kier alpha value is -4.26. The number of nitro groups is 1. The van der Waals surface area contributed by atoms with E-state index < -0.39 is 10.8 Å². The Morgan fingerprint density at radius 2 is 1.72 bits per heavy atom. The summed E-state index contributed by atoms with van der Waals surface area (Å²) in [7, 11) is 0. The predicted molar refractivity (Wildman–Crippen MR) is 124 cm³/mol. The lowest BCUT2D eigenvalue weighted by molar-refractivity contribution is -0.384. The molecule has 0 unspecified atom stereocenters. The van der Waals surface area contributed by atoms with Gasteiger partial charge in [0.2, 0.25) is 0 Å². The molecule has 0 aliphatic rings. The van der Waals surface area contributed by atoms with E-state index >= 15 is 0 Å². The number of hydrogen-bond acceptors (Lipinski definition) is 4. The van der Waals surface area contributed by atoms with Crippen LogP contribution in [0.4, 0.5) is 11.4 Å². The van der Waals surface area contributed by atoms with Gasteiger partial charge in [-0.25, -0.2) is 0 Å². The van der Waals surface area contributed by atoms with Crippen LogP contribution >= 0.6 is 0 Å². The molecule has 0 saturated carbocycles. The van der Waals surface area contributed by atoms with Gasteiger partial charge < -0.3 is 9.88 Å². The van der Waals surface area contributed by atoms with Crippen molar-refractivity contribution in [3.8, 4) is 0 Å². The van der Waals surface area contributed by atoms with Gasteiger partial charge in [0.1, 0.15) is 0 Å². The molecule has 160 valence electrons. The highest BCUT2D eigenvalue weighted by Gasteiger charge is 2.22. The maximum atomic E-state index is 13.4. The van der Waals surface area contributed by atoms with E-state index in [0.29, 0.717) is 11.3 Å². The van der Waals surface area contributed by atoms with Crippen molar-refractivity contribution in [3.63, 3.8) is 0 Å². The average molecular weight is 427 g/mol. The topological polar surface area (TPSA) is 96.3 Å². The van der Waals surface area contributed by atoms with E-state index in [1.807, 2.05) is 50.2 Å². The molecule has 7 nitrogen and oxygen atoms in total. The number of aromatic nitrogens is 1. The number of aromatic amines is 1. The summed E-state index contributed by atoms with van der Waals surface area (Å²) in [5, 5.41) is 12.0. The van der Waals surface area contributed by atoms with Crippen molar-refractivity contribution in [2.45, 2.75) is 20.4 Å². The normalized spacial score (nSPS) is 10.8. The molecule has 0 aliphatic carbocycles. The molecule has 0 bridgehead atoms. The molecular formula is C25H21N3O4. The van der Waals surface area contributed by atoms with Crippen LogP contribution in [0.2, 0.25) is 0 Å². The minimum Gasteiger partial charge on any atom is -0.322 e. The molecule has 4 rings (SSSR count). The first-order valence-corrected chi connectivity index (χ1v) is 10.1. The van der Waals surface area contributed by atoms with Crippen molar-refractivity contribution in [2.75, 3.05) is 4.90 Å². The van der Waals surface area contributed by atoms with Gasteiger partial charge in [-0.1, -0.05) is 30.3 Å². The summed E-state index contributed by atoms with van der Waals surface area (Å²) in [5.74, 6) is -0.428. The van der Waals surface area contributed by atoms with E-state index in [0.717, 1.165) is 22.0 Å². The summed E-state index contributed by atoms with van der Waals surface area (Å²) in [6, 6.07) is 20.5. The van der Waals surface area contributed by atoms with Crippen LogP contribution < -0.4 is 10.5 Å². The number of aryl methyl sites for hydroxylation is 2. The van der Waals surface area contributed by atoms with E-state index in [9.17, 15) is 19.7 Å². The number of pyridine rings is 1. The maximum Gasteiger partial charge on any atom is 0.270 e. The summed E-state index contributed by atoms with van der Waals surface area (Å²) in [6.07, 6.45) is 0. The lowest BCUT2D eigenvalue weighted by Gasteiger charge is -2.23. The monoisotopic (exact) mass is 427 g/mol. The van der Waals surface area contributed by atoms with Crippen molar-refractivity contribution in [3.05, 3.63) is 116 Å². The smallest absolute Gasteiger partial charge is 0.270 e. The van der Waals surface area contributed by atoms with Crippen molar-refractivity contribution in [2.24, 2.45) is 0 Å². The van der Waals surface area contributed by atoms with Crippen LogP contribution in [0.15, 0.2) is 77.6 Å². The van der Waals surface area contributed by atoms with E-state index in [2.05, 4.69) is 4.98 Å². The summed E-state index contributed by atoms with van der Waals surface area (Å²) >= 11 is 0. The van der Waals surface area contributed by atoms with E-state index in [4.69, 9.17) is 0 Å². The molecule has 0 spiro atoms. The number of hydrogen-bond donors (Lipinski definition) is 1. The number of rotatable bonds is 5. The molecule has 0 atom stereocenters. The molecule has 7 heteroatoms. The number of nitro benzene ring substituents is 1. The zero-order chi connectivity index (χ0) is 22.8. The van der Waals surface area contributed by atoms with Crippen molar-refractivity contribution >= 4 is 28.2 Å². The first-order chi connectivity index (χ1) is 15.3. The Morgan fingerprint density at radius 1 is 0.969 bits per heavy atom. The van der Waals surface area contributed by atoms with Crippen LogP contribution in [0.1, 0.15) is 27.0 Å². The fourth-order valence-corrected chi connectivity index (χ4v) is 3.63. The van der Waals surface area contributed by atoms with Gasteiger partial charge in [0.05, 0.1) is 11.5 Å². The van der Waals surface area contributed by atoms with Gasteiger partial charge in [-0.3, -0.25) is 19.7 Å². The number of H-pyrrole nitrogens is 1. The number of nitrogens with one attached hydrogen (secondary N) is 1. The Bertz CT molecular complexity index is 1410. The van der Waals surface area contributed by atoms with Crippen LogP contribution in [0.3, 0.4) is 0 Å². The number of carbonyl (C=O) groups excluding carboxylic acids is 1. The standard InChI is InChI=1S/C25H21N3O4/c1-16-5-3-7-21(11-16)27(25(30)19-6-4-8-22(14-19)28(31)32)15-20-13-18-10-9-17(2)12-23(18)26-24(20)29/h3-14H,15H2,1-2H3,(H,26,29). The minimum atomic E-state index is -0.538. The first-order valence-electron chi connectivity index (χ1n) is 10.1. The zero-order valence-electron chi connectivity index (χ0n) is 17.7. The Labute approximate surface area is 184 Å². The molecule has 1 aromatic heterocycles. The van der Waals surface area contributed by atoms with Crippen LogP contribution in [0.25, 0.3) is 10.9 Å².